The number of urea groups is 1. The number of nitrogens with zero attached hydrogens (tertiary/aromatic N) is 3. The maximum Gasteiger partial charge on any atom is 0.326 e. The number of halogens is 3. The van der Waals surface area contributed by atoms with E-state index in [1.165, 1.54) is 5.56 Å². The van der Waals surface area contributed by atoms with Gasteiger partial charge in [-0.25, -0.2) is 4.79 Å². The highest BCUT2D eigenvalue weighted by atomic mass is 35.5. The van der Waals surface area contributed by atoms with E-state index in [0.29, 0.717) is 33.2 Å². The van der Waals surface area contributed by atoms with Crippen LogP contribution in [0.2, 0.25) is 15.1 Å². The Morgan fingerprint density at radius 2 is 1.69 bits per heavy atom. The van der Waals surface area contributed by atoms with Crippen molar-refractivity contribution in [1.82, 2.24) is 15.2 Å². The number of hydrogen-bond donors (Lipinski definition) is 1. The highest BCUT2D eigenvalue weighted by Gasteiger charge is 2.35. The number of fused-ring (bicyclic) bond motifs is 1. The molecule has 1 aromatic heterocycles. The summed E-state index contributed by atoms with van der Waals surface area (Å²) in [5.41, 5.74) is 6.51. The normalized spacial score (nSPS) is 19.2. The van der Waals surface area contributed by atoms with E-state index in [-0.39, 0.29) is 11.9 Å². The van der Waals surface area contributed by atoms with Crippen molar-refractivity contribution in [3.05, 3.63) is 111 Å². The highest BCUT2D eigenvalue weighted by molar-refractivity contribution is 6.40. The van der Waals surface area contributed by atoms with Crippen LogP contribution in [0.25, 0.3) is 11.1 Å². The summed E-state index contributed by atoms with van der Waals surface area (Å²) in [6, 6.07) is 21.3. The van der Waals surface area contributed by atoms with Crippen molar-refractivity contribution in [2.45, 2.75) is 25.9 Å². The van der Waals surface area contributed by atoms with Gasteiger partial charge >= 0.3 is 6.03 Å². The fourth-order valence-corrected chi connectivity index (χ4v) is 6.66. The van der Waals surface area contributed by atoms with Crippen LogP contribution in [0.3, 0.4) is 0 Å². The number of likely N-dealkylation sites (tertiary alicyclic amines) is 1. The molecule has 1 N–H and O–H groups in total. The van der Waals surface area contributed by atoms with E-state index in [2.05, 4.69) is 40.3 Å². The fraction of sp³-hybridized carbons (Fsp3) is 0.226. The largest absolute Gasteiger partial charge is 0.333 e. The van der Waals surface area contributed by atoms with E-state index >= 15 is 0 Å². The molecule has 0 spiro atoms. The fourth-order valence-electron chi connectivity index (χ4n) is 5.85. The highest BCUT2D eigenvalue weighted by Crippen LogP contribution is 2.46. The number of aromatic nitrogens is 1. The maximum absolute atomic E-state index is 13.4. The Balaban J connectivity index is 1.49. The van der Waals surface area contributed by atoms with Gasteiger partial charge in [0.15, 0.2) is 0 Å². The number of hydrogen-bond acceptors (Lipinski definition) is 3. The number of para-hydroxylation sites is 1. The van der Waals surface area contributed by atoms with Gasteiger partial charge in [-0.3, -0.25) is 14.8 Å². The Labute approximate surface area is 243 Å². The van der Waals surface area contributed by atoms with Crippen LogP contribution in [0.4, 0.5) is 16.2 Å². The predicted molar refractivity (Wildman–Crippen MR) is 159 cm³/mol. The molecule has 0 radical (unpaired) electrons. The van der Waals surface area contributed by atoms with Gasteiger partial charge in [0, 0.05) is 60.6 Å². The lowest BCUT2D eigenvalue weighted by atomic mass is 9.85. The van der Waals surface area contributed by atoms with Crippen molar-refractivity contribution < 1.29 is 4.79 Å². The van der Waals surface area contributed by atoms with Crippen molar-refractivity contribution in [3.63, 3.8) is 0 Å². The zero-order chi connectivity index (χ0) is 27.1. The molecule has 6 rings (SSSR count). The Morgan fingerprint density at radius 3 is 2.44 bits per heavy atom. The van der Waals surface area contributed by atoms with Gasteiger partial charge in [0.2, 0.25) is 0 Å². The average Bonchev–Trinajstić information content (AvgIpc) is 3.29. The van der Waals surface area contributed by atoms with Gasteiger partial charge in [-0.05, 0) is 52.9 Å². The molecule has 2 unspecified atom stereocenters. The van der Waals surface area contributed by atoms with Gasteiger partial charge in [0.1, 0.15) is 0 Å². The monoisotopic (exact) mass is 576 g/mol. The molecule has 4 aromatic rings. The minimum absolute atomic E-state index is 0.266. The Kier molecular flexibility index (Phi) is 7.25. The molecular weight excluding hydrogens is 551 g/mol. The van der Waals surface area contributed by atoms with E-state index in [9.17, 15) is 4.79 Å². The lowest BCUT2D eigenvalue weighted by Crippen LogP contribution is -2.41. The molecule has 0 bridgehead atoms. The molecule has 0 saturated carbocycles. The maximum atomic E-state index is 13.4. The number of carbonyl (C=O) groups is 1. The topological polar surface area (TPSA) is 48.5 Å². The van der Waals surface area contributed by atoms with Crippen LogP contribution in [0.5, 0.6) is 0 Å². The van der Waals surface area contributed by atoms with Crippen LogP contribution >= 0.6 is 34.8 Å². The summed E-state index contributed by atoms with van der Waals surface area (Å²) in [6.07, 6.45) is 3.73. The van der Waals surface area contributed by atoms with Gasteiger partial charge in [-0.2, -0.15) is 0 Å². The molecule has 3 heterocycles. The predicted octanol–water partition coefficient (Wildman–Crippen LogP) is 8.31. The zero-order valence-corrected chi connectivity index (χ0v) is 23.6. The number of benzene rings is 3. The van der Waals surface area contributed by atoms with Crippen LogP contribution in [-0.4, -0.2) is 29.0 Å². The number of amides is 2. The van der Waals surface area contributed by atoms with Crippen LogP contribution in [0.15, 0.2) is 79.1 Å². The second-order valence-electron chi connectivity index (χ2n) is 10.2. The smallest absolute Gasteiger partial charge is 0.326 e. The first kappa shape index (κ1) is 26.1. The summed E-state index contributed by atoms with van der Waals surface area (Å²) in [5, 5.41) is 4.50. The zero-order valence-electron chi connectivity index (χ0n) is 21.4. The van der Waals surface area contributed by atoms with Crippen molar-refractivity contribution >= 4 is 52.2 Å². The molecule has 2 atom stereocenters. The molecular formula is C31H27Cl3N4O. The van der Waals surface area contributed by atoms with Gasteiger partial charge in [-0.1, -0.05) is 78.1 Å². The average molecular weight is 578 g/mol. The van der Waals surface area contributed by atoms with Gasteiger partial charge < -0.3 is 5.32 Å². The lowest BCUT2D eigenvalue weighted by molar-refractivity contribution is 0.247. The third-order valence-corrected chi connectivity index (χ3v) is 8.62. The van der Waals surface area contributed by atoms with E-state index < -0.39 is 0 Å². The van der Waals surface area contributed by atoms with Crippen LogP contribution in [-0.2, 0) is 13.1 Å². The van der Waals surface area contributed by atoms with Crippen LogP contribution in [0, 0.1) is 5.92 Å². The molecule has 1 saturated heterocycles. The molecule has 8 heteroatoms. The first-order chi connectivity index (χ1) is 18.9. The summed E-state index contributed by atoms with van der Waals surface area (Å²) in [6.45, 7) is 5.38. The van der Waals surface area contributed by atoms with Crippen LogP contribution in [0.1, 0.15) is 29.5 Å². The van der Waals surface area contributed by atoms with Crippen molar-refractivity contribution in [2.75, 3.05) is 18.0 Å². The minimum Gasteiger partial charge on any atom is -0.333 e. The van der Waals surface area contributed by atoms with Gasteiger partial charge in [-0.15, -0.1) is 0 Å². The molecule has 1 fully saturated rings. The number of nitrogens with one attached hydrogen (secondary N) is 1. The number of anilines is 2. The second-order valence-corrected chi connectivity index (χ2v) is 11.5. The standard InChI is InChI=1S/C31H27Cl3N4O/c1-19-16-37(17-20-6-5-11-35-14-20)18-25(19)21-12-23(22-7-2-3-8-26(22)32)24-15-36-31(39)38(29(24)13-21)30-27(33)9-4-10-28(30)34/h2-14,19,25H,15-18H2,1H3,(H,36,39). The van der Waals surface area contributed by atoms with Crippen LogP contribution < -0.4 is 10.2 Å². The first-order valence-electron chi connectivity index (χ1n) is 13.0. The number of pyridine rings is 1. The molecule has 0 aliphatic carbocycles. The van der Waals surface area contributed by atoms with E-state index in [1.807, 2.05) is 36.5 Å². The summed E-state index contributed by atoms with van der Waals surface area (Å²) in [5.74, 6) is 0.676. The van der Waals surface area contributed by atoms with Crippen molar-refractivity contribution in [3.8, 4) is 11.1 Å². The Hall–Kier alpha value is -3.09. The molecule has 39 heavy (non-hydrogen) atoms. The second kappa shape index (κ2) is 10.8. The van der Waals surface area contributed by atoms with Crippen molar-refractivity contribution in [1.29, 1.82) is 0 Å². The lowest BCUT2D eigenvalue weighted by Gasteiger charge is -2.34. The SMILES string of the molecule is CC1CN(Cc2cccnc2)CC1c1cc(-c2ccccc2Cl)c2c(c1)N(c1c(Cl)cccc1Cl)C(=O)NC2. The first-order valence-corrected chi connectivity index (χ1v) is 14.1. The van der Waals surface area contributed by atoms with Crippen molar-refractivity contribution in [2.24, 2.45) is 5.92 Å². The molecule has 2 amide bonds. The molecule has 3 aromatic carbocycles. The summed E-state index contributed by atoms with van der Waals surface area (Å²) >= 11 is 20.0. The number of rotatable bonds is 5. The third-order valence-electron chi connectivity index (χ3n) is 7.68. The van der Waals surface area contributed by atoms with E-state index in [4.69, 9.17) is 34.8 Å². The van der Waals surface area contributed by atoms with E-state index in [1.54, 1.807) is 29.3 Å². The molecule has 2 aliphatic heterocycles. The summed E-state index contributed by atoms with van der Waals surface area (Å²) in [4.78, 5) is 21.7. The summed E-state index contributed by atoms with van der Waals surface area (Å²) < 4.78 is 0. The Morgan fingerprint density at radius 1 is 0.923 bits per heavy atom. The molecule has 2 aliphatic rings. The summed E-state index contributed by atoms with van der Waals surface area (Å²) in [7, 11) is 0. The van der Waals surface area contributed by atoms with Gasteiger partial charge in [0.25, 0.3) is 0 Å². The minimum atomic E-state index is -0.266. The van der Waals surface area contributed by atoms with Gasteiger partial charge in [0.05, 0.1) is 21.4 Å². The molecule has 5 nitrogen and oxygen atoms in total. The quantitative estimate of drug-likeness (QED) is 0.259. The Bertz CT molecular complexity index is 1520. The third kappa shape index (κ3) is 5.01. The molecule has 198 valence electrons. The van der Waals surface area contributed by atoms with E-state index in [0.717, 1.165) is 47.6 Å². The number of carbonyl (C=O) groups excluding carboxylic acids is 1.